The van der Waals surface area contributed by atoms with Crippen molar-refractivity contribution in [2.75, 3.05) is 0 Å². The van der Waals surface area contributed by atoms with E-state index < -0.39 is 0 Å². The molecule has 0 radical (unpaired) electrons. The summed E-state index contributed by atoms with van der Waals surface area (Å²) in [4.78, 5) is 13.0. The van der Waals surface area contributed by atoms with E-state index in [2.05, 4.69) is 25.1 Å². The lowest BCUT2D eigenvalue weighted by Crippen LogP contribution is -2.07. The van der Waals surface area contributed by atoms with Gasteiger partial charge in [-0.3, -0.25) is 0 Å². The molecule has 0 saturated heterocycles. The number of nitrogens with zero attached hydrogens (tertiary/aromatic N) is 7. The molecule has 8 heteroatoms. The van der Waals surface area contributed by atoms with Gasteiger partial charge in [-0.2, -0.15) is 5.10 Å². The Labute approximate surface area is 119 Å². The molecule has 0 saturated carbocycles. The largest absolute Gasteiger partial charge is 0.461 e. The quantitative estimate of drug-likeness (QED) is 0.554. The van der Waals surface area contributed by atoms with Gasteiger partial charge in [0.05, 0.1) is 12.0 Å². The summed E-state index contributed by atoms with van der Waals surface area (Å²) in [5.41, 5.74) is 1.64. The normalized spacial score (nSPS) is 11.3. The number of rotatable bonds is 2. The highest BCUT2D eigenvalue weighted by atomic mass is 16.3. The molecule has 0 amide bonds. The molecule has 0 aromatic carbocycles. The lowest BCUT2D eigenvalue weighted by atomic mass is 10.4. The molecule has 0 unspecified atom stereocenters. The Morgan fingerprint density at radius 2 is 2.10 bits per heavy atom. The van der Waals surface area contributed by atoms with Crippen molar-refractivity contribution in [3.05, 3.63) is 42.6 Å². The van der Waals surface area contributed by atoms with E-state index in [-0.39, 0.29) is 0 Å². The standard InChI is InChI=1S/C13H11N7O/c1-8-11-13(19-7-14-6-15-19)17-12(10-4-3-5-21-10)18-20(11)9(2)16-8/h3-7H,1-2H3. The third-order valence-electron chi connectivity index (χ3n) is 3.19. The number of imidazole rings is 1. The van der Waals surface area contributed by atoms with Gasteiger partial charge in [0.15, 0.2) is 11.6 Å². The van der Waals surface area contributed by atoms with Crippen molar-refractivity contribution in [3.8, 4) is 17.4 Å². The summed E-state index contributed by atoms with van der Waals surface area (Å²) in [5, 5.41) is 8.65. The van der Waals surface area contributed by atoms with E-state index in [0.717, 1.165) is 17.0 Å². The predicted octanol–water partition coefficient (Wildman–Crippen LogP) is 1.58. The molecule has 0 N–H and O–H groups in total. The summed E-state index contributed by atoms with van der Waals surface area (Å²) in [7, 11) is 0. The van der Waals surface area contributed by atoms with Crippen molar-refractivity contribution >= 4 is 5.52 Å². The molecule has 4 rings (SSSR count). The Balaban J connectivity index is 2.10. The second kappa shape index (κ2) is 4.23. The van der Waals surface area contributed by atoms with E-state index in [0.29, 0.717) is 17.4 Å². The lowest BCUT2D eigenvalue weighted by molar-refractivity contribution is 0.574. The zero-order valence-corrected chi connectivity index (χ0v) is 11.4. The summed E-state index contributed by atoms with van der Waals surface area (Å²) in [6, 6.07) is 3.61. The minimum atomic E-state index is 0.471. The first-order valence-electron chi connectivity index (χ1n) is 6.37. The monoisotopic (exact) mass is 281 g/mol. The maximum absolute atomic E-state index is 5.38. The molecule has 0 spiro atoms. The Morgan fingerprint density at radius 1 is 1.19 bits per heavy atom. The van der Waals surface area contributed by atoms with Gasteiger partial charge in [0, 0.05) is 0 Å². The summed E-state index contributed by atoms with van der Waals surface area (Å²) in [6.45, 7) is 3.81. The van der Waals surface area contributed by atoms with E-state index in [1.165, 1.54) is 6.33 Å². The SMILES string of the molecule is Cc1nc(C)n2nc(-c3ccco3)nc(-n3cncn3)c12. The Bertz CT molecular complexity index is 906. The molecule has 21 heavy (non-hydrogen) atoms. The van der Waals surface area contributed by atoms with E-state index in [9.17, 15) is 0 Å². The van der Waals surface area contributed by atoms with E-state index in [4.69, 9.17) is 4.42 Å². The zero-order valence-electron chi connectivity index (χ0n) is 11.4. The van der Waals surface area contributed by atoms with Crippen LogP contribution in [0.1, 0.15) is 11.5 Å². The van der Waals surface area contributed by atoms with Crippen LogP contribution in [-0.4, -0.2) is 34.3 Å². The minimum Gasteiger partial charge on any atom is -0.461 e. The molecular formula is C13H11N7O. The fourth-order valence-corrected chi connectivity index (χ4v) is 2.29. The molecule has 0 atom stereocenters. The van der Waals surface area contributed by atoms with Crippen LogP contribution in [0.15, 0.2) is 35.5 Å². The van der Waals surface area contributed by atoms with Gasteiger partial charge in [-0.25, -0.2) is 24.1 Å². The summed E-state index contributed by atoms with van der Waals surface area (Å²) < 4.78 is 8.73. The van der Waals surface area contributed by atoms with Crippen molar-refractivity contribution in [2.24, 2.45) is 0 Å². The molecule has 8 nitrogen and oxygen atoms in total. The van der Waals surface area contributed by atoms with Gasteiger partial charge in [-0.05, 0) is 26.0 Å². The van der Waals surface area contributed by atoms with Crippen LogP contribution in [0.4, 0.5) is 0 Å². The average Bonchev–Trinajstić information content (AvgIpc) is 3.21. The predicted molar refractivity (Wildman–Crippen MR) is 72.9 cm³/mol. The van der Waals surface area contributed by atoms with Crippen LogP contribution >= 0.6 is 0 Å². The molecule has 0 aliphatic carbocycles. The summed E-state index contributed by atoms with van der Waals surface area (Å²) in [6.07, 6.45) is 4.64. The number of furan rings is 1. The van der Waals surface area contributed by atoms with Gasteiger partial charge in [0.2, 0.25) is 5.82 Å². The van der Waals surface area contributed by atoms with Crippen LogP contribution in [0.3, 0.4) is 0 Å². The van der Waals surface area contributed by atoms with Crippen LogP contribution in [0, 0.1) is 13.8 Å². The highest BCUT2D eigenvalue weighted by Crippen LogP contribution is 2.22. The number of fused-ring (bicyclic) bond motifs is 1. The first-order chi connectivity index (χ1) is 10.2. The minimum absolute atomic E-state index is 0.471. The third kappa shape index (κ3) is 1.72. The van der Waals surface area contributed by atoms with Gasteiger partial charge < -0.3 is 4.42 Å². The van der Waals surface area contributed by atoms with Gasteiger partial charge in [0.1, 0.15) is 24.0 Å². The van der Waals surface area contributed by atoms with Crippen molar-refractivity contribution in [1.29, 1.82) is 0 Å². The molecule has 4 aromatic heterocycles. The van der Waals surface area contributed by atoms with Crippen molar-refractivity contribution < 1.29 is 4.42 Å². The molecule has 4 heterocycles. The Morgan fingerprint density at radius 3 is 2.81 bits per heavy atom. The van der Waals surface area contributed by atoms with Crippen molar-refractivity contribution in [2.45, 2.75) is 13.8 Å². The number of hydrogen-bond acceptors (Lipinski definition) is 6. The highest BCUT2D eigenvalue weighted by molar-refractivity contribution is 5.66. The maximum Gasteiger partial charge on any atom is 0.217 e. The molecule has 0 aliphatic rings. The molecule has 0 bridgehead atoms. The molecule has 4 aromatic rings. The Hall–Kier alpha value is -3.03. The molecular weight excluding hydrogens is 270 g/mol. The summed E-state index contributed by atoms with van der Waals surface area (Å²) >= 11 is 0. The number of aromatic nitrogens is 7. The zero-order chi connectivity index (χ0) is 14.4. The third-order valence-corrected chi connectivity index (χ3v) is 3.19. The fraction of sp³-hybridized carbons (Fsp3) is 0.154. The van der Waals surface area contributed by atoms with E-state index in [1.54, 1.807) is 27.9 Å². The first-order valence-corrected chi connectivity index (χ1v) is 6.37. The molecule has 0 fully saturated rings. The highest BCUT2D eigenvalue weighted by Gasteiger charge is 2.18. The lowest BCUT2D eigenvalue weighted by Gasteiger charge is -2.06. The fourth-order valence-electron chi connectivity index (χ4n) is 2.29. The number of hydrogen-bond donors (Lipinski definition) is 0. The van der Waals surface area contributed by atoms with Crippen molar-refractivity contribution in [1.82, 2.24) is 34.3 Å². The molecule has 104 valence electrons. The first kappa shape index (κ1) is 11.8. The maximum atomic E-state index is 5.38. The van der Waals surface area contributed by atoms with E-state index in [1.807, 2.05) is 19.9 Å². The second-order valence-corrected chi connectivity index (χ2v) is 4.58. The van der Waals surface area contributed by atoms with Gasteiger partial charge in [-0.1, -0.05) is 0 Å². The topological polar surface area (TPSA) is 86.9 Å². The van der Waals surface area contributed by atoms with Crippen LogP contribution in [0.25, 0.3) is 22.9 Å². The van der Waals surface area contributed by atoms with Crippen LogP contribution in [0.5, 0.6) is 0 Å². The van der Waals surface area contributed by atoms with Crippen LogP contribution < -0.4 is 0 Å². The summed E-state index contributed by atoms with van der Waals surface area (Å²) in [5.74, 6) is 2.45. The van der Waals surface area contributed by atoms with Gasteiger partial charge >= 0.3 is 0 Å². The number of aryl methyl sites for hydroxylation is 2. The Kier molecular flexibility index (Phi) is 2.37. The average molecular weight is 281 g/mol. The smallest absolute Gasteiger partial charge is 0.217 e. The van der Waals surface area contributed by atoms with E-state index >= 15 is 0 Å². The van der Waals surface area contributed by atoms with Crippen molar-refractivity contribution in [3.63, 3.8) is 0 Å². The molecule has 0 aliphatic heterocycles. The van der Waals surface area contributed by atoms with Crippen LogP contribution in [-0.2, 0) is 0 Å². The van der Waals surface area contributed by atoms with Gasteiger partial charge in [0.25, 0.3) is 0 Å². The van der Waals surface area contributed by atoms with Gasteiger partial charge in [-0.15, -0.1) is 5.10 Å². The second-order valence-electron chi connectivity index (χ2n) is 4.58. The van der Waals surface area contributed by atoms with Crippen LogP contribution in [0.2, 0.25) is 0 Å².